The van der Waals surface area contributed by atoms with Crippen molar-refractivity contribution >= 4 is 15.7 Å². The molecule has 0 heterocycles. The van der Waals surface area contributed by atoms with Crippen molar-refractivity contribution < 1.29 is 23.1 Å². The number of hydrogen-bond donors (Lipinski definition) is 2. The third kappa shape index (κ3) is 3.43. The average molecular weight is 259 g/mol. The van der Waals surface area contributed by atoms with E-state index in [-0.39, 0.29) is 4.90 Å². The highest BCUT2D eigenvalue weighted by Gasteiger charge is 2.23. The van der Waals surface area contributed by atoms with Crippen LogP contribution in [0.15, 0.2) is 29.2 Å². The molecule has 1 unspecified atom stereocenters. The minimum Gasteiger partial charge on any atom is -0.497 e. The Labute approximate surface area is 98.9 Å². The summed E-state index contributed by atoms with van der Waals surface area (Å²) in [4.78, 5) is 10.6. The van der Waals surface area contributed by atoms with Crippen LogP contribution in [0, 0.1) is 0 Å². The minimum absolute atomic E-state index is 0.00130. The second kappa shape index (κ2) is 5.15. The van der Waals surface area contributed by atoms with Crippen molar-refractivity contribution in [1.82, 2.24) is 0 Å². The number of aliphatic hydroxyl groups is 1. The number of hydrogen-bond acceptors (Lipinski definition) is 5. The predicted octanol–water partition coefficient (Wildman–Crippen LogP) is -0.685. The van der Waals surface area contributed by atoms with E-state index in [4.69, 9.17) is 15.6 Å². The highest BCUT2D eigenvalue weighted by molar-refractivity contribution is 7.91. The molecule has 1 aromatic carbocycles. The largest absolute Gasteiger partial charge is 0.497 e. The van der Waals surface area contributed by atoms with Gasteiger partial charge < -0.3 is 15.6 Å². The van der Waals surface area contributed by atoms with Crippen molar-refractivity contribution in [2.75, 3.05) is 12.9 Å². The maximum Gasteiger partial charge on any atom is 0.247 e. The predicted molar refractivity (Wildman–Crippen MR) is 60.2 cm³/mol. The van der Waals surface area contributed by atoms with Gasteiger partial charge >= 0.3 is 0 Å². The molecule has 0 aliphatic carbocycles. The summed E-state index contributed by atoms with van der Waals surface area (Å²) in [6.07, 6.45) is -1.71. The van der Waals surface area contributed by atoms with E-state index in [0.717, 1.165) is 0 Å². The van der Waals surface area contributed by atoms with Crippen LogP contribution in [0.4, 0.5) is 0 Å². The Morgan fingerprint density at radius 1 is 1.41 bits per heavy atom. The lowest BCUT2D eigenvalue weighted by molar-refractivity contribution is -0.124. The number of ether oxygens (including phenoxy) is 1. The summed E-state index contributed by atoms with van der Waals surface area (Å²) < 4.78 is 28.4. The third-order valence-electron chi connectivity index (χ3n) is 2.12. The molecular weight excluding hydrogens is 246 g/mol. The first-order chi connectivity index (χ1) is 7.86. The first-order valence-electron chi connectivity index (χ1n) is 4.71. The number of carbonyl (C=O) groups excluding carboxylic acids is 1. The zero-order chi connectivity index (χ0) is 13.1. The van der Waals surface area contributed by atoms with Gasteiger partial charge in [0.1, 0.15) is 11.9 Å². The highest BCUT2D eigenvalue weighted by atomic mass is 32.2. The fraction of sp³-hybridized carbons (Fsp3) is 0.300. The molecule has 0 bridgehead atoms. The molecule has 1 aromatic rings. The summed E-state index contributed by atoms with van der Waals surface area (Å²) >= 11 is 0. The van der Waals surface area contributed by atoms with E-state index in [1.54, 1.807) is 0 Å². The maximum absolute atomic E-state index is 11.7. The molecular formula is C10H13NO5S. The number of aliphatic hydroxyl groups excluding tert-OH is 1. The van der Waals surface area contributed by atoms with Crippen LogP contribution < -0.4 is 10.5 Å². The molecule has 0 aliphatic heterocycles. The molecule has 0 saturated carbocycles. The number of amides is 1. The quantitative estimate of drug-likeness (QED) is 0.728. The van der Waals surface area contributed by atoms with Gasteiger partial charge in [-0.1, -0.05) is 0 Å². The van der Waals surface area contributed by atoms with Gasteiger partial charge in [-0.2, -0.15) is 0 Å². The van der Waals surface area contributed by atoms with Crippen LogP contribution in [0.25, 0.3) is 0 Å². The zero-order valence-corrected chi connectivity index (χ0v) is 9.98. The van der Waals surface area contributed by atoms with Crippen LogP contribution in [0.3, 0.4) is 0 Å². The van der Waals surface area contributed by atoms with Crippen molar-refractivity contribution in [2.24, 2.45) is 5.73 Å². The number of sulfone groups is 1. The lowest BCUT2D eigenvalue weighted by atomic mass is 10.3. The van der Waals surface area contributed by atoms with Crippen molar-refractivity contribution in [3.05, 3.63) is 24.3 Å². The van der Waals surface area contributed by atoms with Crippen molar-refractivity contribution in [3.8, 4) is 5.75 Å². The Kier molecular flexibility index (Phi) is 4.08. The van der Waals surface area contributed by atoms with Crippen LogP contribution in [0.1, 0.15) is 0 Å². The second-order valence-corrected chi connectivity index (χ2v) is 5.41. The minimum atomic E-state index is -3.74. The second-order valence-electron chi connectivity index (χ2n) is 3.38. The van der Waals surface area contributed by atoms with E-state index in [0.29, 0.717) is 5.75 Å². The van der Waals surface area contributed by atoms with E-state index in [2.05, 4.69) is 0 Å². The van der Waals surface area contributed by atoms with Gasteiger partial charge in [-0.15, -0.1) is 0 Å². The molecule has 0 aromatic heterocycles. The van der Waals surface area contributed by atoms with Gasteiger partial charge in [0.2, 0.25) is 5.91 Å². The number of methoxy groups -OCH3 is 1. The summed E-state index contributed by atoms with van der Waals surface area (Å²) in [6.45, 7) is 0. The molecule has 1 rings (SSSR count). The lowest BCUT2D eigenvalue weighted by Gasteiger charge is -2.08. The molecule has 0 spiro atoms. The normalized spacial score (nSPS) is 13.1. The number of rotatable bonds is 5. The van der Waals surface area contributed by atoms with E-state index < -0.39 is 27.6 Å². The van der Waals surface area contributed by atoms with Gasteiger partial charge in [-0.05, 0) is 24.3 Å². The van der Waals surface area contributed by atoms with E-state index in [1.807, 2.05) is 0 Å². The Morgan fingerprint density at radius 2 is 1.94 bits per heavy atom. The molecule has 1 atom stereocenters. The summed E-state index contributed by atoms with van der Waals surface area (Å²) in [7, 11) is -2.28. The van der Waals surface area contributed by atoms with E-state index in [9.17, 15) is 13.2 Å². The SMILES string of the molecule is COc1ccc(S(=O)(=O)CC(O)C(N)=O)cc1. The summed E-state index contributed by atoms with van der Waals surface area (Å²) in [5.41, 5.74) is 4.79. The molecule has 0 fully saturated rings. The van der Waals surface area contributed by atoms with Crippen LogP contribution in [0.5, 0.6) is 5.75 Å². The molecule has 1 amide bonds. The van der Waals surface area contributed by atoms with Crippen LogP contribution in [-0.2, 0) is 14.6 Å². The van der Waals surface area contributed by atoms with Gasteiger partial charge in [-0.25, -0.2) is 8.42 Å². The smallest absolute Gasteiger partial charge is 0.247 e. The molecule has 7 heteroatoms. The topological polar surface area (TPSA) is 107 Å². The Balaban J connectivity index is 2.93. The molecule has 6 nitrogen and oxygen atoms in total. The van der Waals surface area contributed by atoms with Crippen LogP contribution in [-0.4, -0.2) is 38.4 Å². The standard InChI is InChI=1S/C10H13NO5S/c1-16-7-2-4-8(5-3-7)17(14,15)6-9(12)10(11)13/h2-5,9,12H,6H2,1H3,(H2,11,13). The molecule has 3 N–H and O–H groups in total. The van der Waals surface area contributed by atoms with Crippen LogP contribution in [0.2, 0.25) is 0 Å². The number of primary amides is 1. The van der Waals surface area contributed by atoms with Crippen LogP contribution >= 0.6 is 0 Å². The molecule has 94 valence electrons. The van der Waals surface area contributed by atoms with Crippen molar-refractivity contribution in [3.63, 3.8) is 0 Å². The van der Waals surface area contributed by atoms with Crippen molar-refractivity contribution in [2.45, 2.75) is 11.0 Å². The van der Waals surface area contributed by atoms with Gasteiger partial charge in [0, 0.05) is 0 Å². The maximum atomic E-state index is 11.7. The van der Waals surface area contributed by atoms with E-state index in [1.165, 1.54) is 31.4 Å². The van der Waals surface area contributed by atoms with E-state index >= 15 is 0 Å². The summed E-state index contributed by atoms with van der Waals surface area (Å²) in [5, 5.41) is 9.15. The first-order valence-corrected chi connectivity index (χ1v) is 6.36. The van der Waals surface area contributed by atoms with Gasteiger partial charge in [0.15, 0.2) is 9.84 Å². The molecule has 0 aliphatic rings. The van der Waals surface area contributed by atoms with Gasteiger partial charge in [-0.3, -0.25) is 4.79 Å². The fourth-order valence-electron chi connectivity index (χ4n) is 1.17. The highest BCUT2D eigenvalue weighted by Crippen LogP contribution is 2.17. The first kappa shape index (κ1) is 13.5. The number of benzene rings is 1. The lowest BCUT2D eigenvalue weighted by Crippen LogP contribution is -2.34. The number of nitrogens with two attached hydrogens (primary N) is 1. The Morgan fingerprint density at radius 3 is 2.35 bits per heavy atom. The van der Waals surface area contributed by atoms with Gasteiger partial charge in [0.25, 0.3) is 0 Å². The zero-order valence-electron chi connectivity index (χ0n) is 9.16. The summed E-state index contributed by atoms with van der Waals surface area (Å²) in [6, 6.07) is 5.62. The monoisotopic (exact) mass is 259 g/mol. The molecule has 17 heavy (non-hydrogen) atoms. The number of carbonyl (C=O) groups is 1. The fourth-order valence-corrected chi connectivity index (χ4v) is 2.49. The molecule has 0 radical (unpaired) electrons. The third-order valence-corrected chi connectivity index (χ3v) is 3.87. The average Bonchev–Trinajstić information content (AvgIpc) is 2.28. The van der Waals surface area contributed by atoms with Crippen molar-refractivity contribution in [1.29, 1.82) is 0 Å². The Hall–Kier alpha value is -1.60. The summed E-state index contributed by atoms with van der Waals surface area (Å²) in [5.74, 6) is -1.28. The molecule has 0 saturated heterocycles. The Bertz CT molecular complexity index is 494. The van der Waals surface area contributed by atoms with Gasteiger partial charge in [0.05, 0.1) is 17.8 Å².